The molecular weight excluding hydrogens is 252 g/mol. The van der Waals surface area contributed by atoms with E-state index < -0.39 is 17.1 Å². The Labute approximate surface area is 107 Å². The van der Waals surface area contributed by atoms with Gasteiger partial charge in [-0.25, -0.2) is 4.79 Å². The Morgan fingerprint density at radius 1 is 1.32 bits per heavy atom. The fourth-order valence-corrected chi connectivity index (χ4v) is 1.68. The molecular formula is C12H12N2O5. The minimum Gasteiger partial charge on any atom is -0.475 e. The van der Waals surface area contributed by atoms with Crippen LogP contribution in [0.5, 0.6) is 0 Å². The van der Waals surface area contributed by atoms with E-state index >= 15 is 0 Å². The van der Waals surface area contributed by atoms with Crippen molar-refractivity contribution in [2.24, 2.45) is 7.05 Å². The van der Waals surface area contributed by atoms with Crippen molar-refractivity contribution in [1.29, 1.82) is 0 Å². The molecule has 7 heteroatoms. The Hall–Kier alpha value is -2.57. The molecule has 0 amide bonds. The SMILES string of the molecule is Cc1oc(C(=O)O)cc1Cn1ccn(C)c(=O)c1=O. The van der Waals surface area contributed by atoms with Crippen LogP contribution in [0.1, 0.15) is 21.9 Å². The van der Waals surface area contributed by atoms with Gasteiger partial charge in [0.25, 0.3) is 0 Å². The number of furan rings is 1. The fourth-order valence-electron chi connectivity index (χ4n) is 1.68. The first-order valence-corrected chi connectivity index (χ1v) is 5.49. The maximum Gasteiger partial charge on any atom is 0.371 e. The molecule has 0 bridgehead atoms. The Morgan fingerprint density at radius 3 is 2.58 bits per heavy atom. The lowest BCUT2D eigenvalue weighted by molar-refractivity contribution is 0.0661. The molecule has 2 heterocycles. The van der Waals surface area contributed by atoms with Crippen LogP contribution in [0.25, 0.3) is 0 Å². The van der Waals surface area contributed by atoms with Gasteiger partial charge in [-0.05, 0) is 13.0 Å². The van der Waals surface area contributed by atoms with E-state index in [-0.39, 0.29) is 12.3 Å². The van der Waals surface area contributed by atoms with Crippen molar-refractivity contribution in [3.63, 3.8) is 0 Å². The number of aromatic nitrogens is 2. The van der Waals surface area contributed by atoms with Crippen molar-refractivity contribution in [2.75, 3.05) is 0 Å². The molecule has 0 aliphatic rings. The van der Waals surface area contributed by atoms with Crippen LogP contribution in [0.2, 0.25) is 0 Å². The number of hydrogen-bond donors (Lipinski definition) is 1. The summed E-state index contributed by atoms with van der Waals surface area (Å²) in [6.07, 6.45) is 2.94. The smallest absolute Gasteiger partial charge is 0.371 e. The van der Waals surface area contributed by atoms with Gasteiger partial charge in [-0.15, -0.1) is 0 Å². The van der Waals surface area contributed by atoms with Crippen LogP contribution in [-0.4, -0.2) is 20.2 Å². The summed E-state index contributed by atoms with van der Waals surface area (Å²) in [5.41, 5.74) is -0.752. The van der Waals surface area contributed by atoms with Gasteiger partial charge >= 0.3 is 17.1 Å². The van der Waals surface area contributed by atoms with E-state index in [1.54, 1.807) is 6.92 Å². The molecule has 0 aromatic carbocycles. The normalized spacial score (nSPS) is 10.6. The molecule has 2 rings (SSSR count). The van der Waals surface area contributed by atoms with E-state index in [4.69, 9.17) is 9.52 Å². The van der Waals surface area contributed by atoms with E-state index in [1.165, 1.54) is 34.6 Å². The van der Waals surface area contributed by atoms with Crippen LogP contribution >= 0.6 is 0 Å². The van der Waals surface area contributed by atoms with Crippen LogP contribution in [0.4, 0.5) is 0 Å². The first-order valence-electron chi connectivity index (χ1n) is 5.49. The highest BCUT2D eigenvalue weighted by atomic mass is 16.4. The summed E-state index contributed by atoms with van der Waals surface area (Å²) in [5, 5.41) is 8.81. The Kier molecular flexibility index (Phi) is 3.12. The number of hydrogen-bond acceptors (Lipinski definition) is 4. The van der Waals surface area contributed by atoms with Gasteiger partial charge < -0.3 is 18.7 Å². The molecule has 0 saturated carbocycles. The van der Waals surface area contributed by atoms with E-state index in [9.17, 15) is 14.4 Å². The molecule has 0 radical (unpaired) electrons. The zero-order valence-corrected chi connectivity index (χ0v) is 10.4. The largest absolute Gasteiger partial charge is 0.475 e. The molecule has 100 valence electrons. The Morgan fingerprint density at radius 2 is 2.00 bits per heavy atom. The van der Waals surface area contributed by atoms with Crippen LogP contribution in [-0.2, 0) is 13.6 Å². The van der Waals surface area contributed by atoms with Crippen LogP contribution < -0.4 is 11.1 Å². The monoisotopic (exact) mass is 264 g/mol. The summed E-state index contributed by atoms with van der Waals surface area (Å²) in [6.45, 7) is 1.70. The summed E-state index contributed by atoms with van der Waals surface area (Å²) in [7, 11) is 1.49. The number of aromatic carboxylic acids is 1. The van der Waals surface area contributed by atoms with Crippen LogP contribution in [0, 0.1) is 6.92 Å². The Bertz CT molecular complexity index is 750. The van der Waals surface area contributed by atoms with Crippen molar-refractivity contribution in [3.05, 3.63) is 56.3 Å². The lowest BCUT2D eigenvalue weighted by atomic mass is 10.2. The van der Waals surface area contributed by atoms with Gasteiger partial charge in [0.15, 0.2) is 0 Å². The van der Waals surface area contributed by atoms with Crippen molar-refractivity contribution in [1.82, 2.24) is 9.13 Å². The maximum absolute atomic E-state index is 11.7. The number of nitrogens with zero attached hydrogens (tertiary/aromatic N) is 2. The molecule has 2 aromatic heterocycles. The molecule has 0 atom stereocenters. The average molecular weight is 264 g/mol. The summed E-state index contributed by atoms with van der Waals surface area (Å²) in [4.78, 5) is 34.0. The second kappa shape index (κ2) is 4.60. The zero-order chi connectivity index (χ0) is 14.2. The molecule has 1 N–H and O–H groups in total. The minimum absolute atomic E-state index is 0.0948. The fraction of sp³-hybridized carbons (Fsp3) is 0.250. The second-order valence-electron chi connectivity index (χ2n) is 4.14. The molecule has 2 aromatic rings. The van der Waals surface area contributed by atoms with Crippen molar-refractivity contribution in [3.8, 4) is 0 Å². The lowest BCUT2D eigenvalue weighted by Crippen LogP contribution is -2.39. The van der Waals surface area contributed by atoms with Gasteiger partial charge in [-0.2, -0.15) is 0 Å². The van der Waals surface area contributed by atoms with Gasteiger partial charge in [0, 0.05) is 25.0 Å². The number of carboxylic acid groups (broad SMARTS) is 1. The van der Waals surface area contributed by atoms with E-state index in [2.05, 4.69) is 0 Å². The highest BCUT2D eigenvalue weighted by molar-refractivity contribution is 5.84. The van der Waals surface area contributed by atoms with Gasteiger partial charge in [0.05, 0.1) is 6.54 Å². The first-order chi connectivity index (χ1) is 8.90. The molecule has 0 unspecified atom stereocenters. The second-order valence-corrected chi connectivity index (χ2v) is 4.14. The van der Waals surface area contributed by atoms with Crippen LogP contribution in [0.3, 0.4) is 0 Å². The summed E-state index contributed by atoms with van der Waals surface area (Å²) < 4.78 is 7.44. The van der Waals surface area contributed by atoms with Gasteiger partial charge in [-0.1, -0.05) is 0 Å². The highest BCUT2D eigenvalue weighted by Gasteiger charge is 2.14. The van der Waals surface area contributed by atoms with E-state index in [1.807, 2.05) is 0 Å². The summed E-state index contributed by atoms with van der Waals surface area (Å²) >= 11 is 0. The van der Waals surface area contributed by atoms with E-state index in [0.717, 1.165) is 0 Å². The lowest BCUT2D eigenvalue weighted by Gasteiger charge is -2.04. The highest BCUT2D eigenvalue weighted by Crippen LogP contribution is 2.15. The van der Waals surface area contributed by atoms with Crippen molar-refractivity contribution < 1.29 is 14.3 Å². The molecule has 0 saturated heterocycles. The summed E-state index contributed by atoms with van der Waals surface area (Å²) in [6, 6.07) is 1.35. The predicted molar refractivity (Wildman–Crippen MR) is 65.4 cm³/mol. The van der Waals surface area contributed by atoms with E-state index in [0.29, 0.717) is 11.3 Å². The molecule has 7 nitrogen and oxygen atoms in total. The molecule has 0 aliphatic heterocycles. The quantitative estimate of drug-likeness (QED) is 0.799. The first kappa shape index (κ1) is 12.9. The van der Waals surface area contributed by atoms with Crippen molar-refractivity contribution >= 4 is 5.97 Å². The van der Waals surface area contributed by atoms with Gasteiger partial charge in [0.2, 0.25) is 5.76 Å². The number of carbonyl (C=O) groups is 1. The third-order valence-corrected chi connectivity index (χ3v) is 2.81. The summed E-state index contributed by atoms with van der Waals surface area (Å²) in [5.74, 6) is -0.958. The zero-order valence-electron chi connectivity index (χ0n) is 10.4. The topological polar surface area (TPSA) is 94.4 Å². The third-order valence-electron chi connectivity index (χ3n) is 2.81. The molecule has 0 fully saturated rings. The number of rotatable bonds is 3. The third kappa shape index (κ3) is 2.35. The molecule has 0 aliphatic carbocycles. The molecule has 0 spiro atoms. The number of aryl methyl sites for hydroxylation is 2. The van der Waals surface area contributed by atoms with Crippen LogP contribution in [0.15, 0.2) is 32.5 Å². The number of carboxylic acids is 1. The molecule has 19 heavy (non-hydrogen) atoms. The predicted octanol–water partition coefficient (Wildman–Crippen LogP) is 0.195. The standard InChI is InChI=1S/C12H12N2O5/c1-7-8(5-9(19-7)12(17)18)6-14-4-3-13(2)10(15)11(14)16/h3-5H,6H2,1-2H3,(H,17,18). The average Bonchev–Trinajstić information content (AvgIpc) is 2.72. The van der Waals surface area contributed by atoms with Gasteiger partial charge in [-0.3, -0.25) is 9.59 Å². The van der Waals surface area contributed by atoms with Gasteiger partial charge in [0.1, 0.15) is 5.76 Å². The maximum atomic E-state index is 11.7. The van der Waals surface area contributed by atoms with Crippen molar-refractivity contribution in [2.45, 2.75) is 13.5 Å². The Balaban J connectivity index is 2.42. The minimum atomic E-state index is -1.18.